The van der Waals surface area contributed by atoms with Crippen molar-refractivity contribution in [2.45, 2.75) is 0 Å². The Kier molecular flexibility index (Phi) is 2.86. The van der Waals surface area contributed by atoms with E-state index < -0.39 is 23.4 Å². The third-order valence-electron chi connectivity index (χ3n) is 2.95. The second-order valence-corrected chi connectivity index (χ2v) is 4.17. The van der Waals surface area contributed by atoms with Crippen molar-refractivity contribution in [2.24, 2.45) is 0 Å². The summed E-state index contributed by atoms with van der Waals surface area (Å²) < 4.78 is 40.9. The van der Waals surface area contributed by atoms with Crippen LogP contribution in [-0.2, 0) is 0 Å². The number of hydrogen-bond acceptors (Lipinski definition) is 3. The fourth-order valence-corrected chi connectivity index (χ4v) is 1.97. The Morgan fingerprint density at radius 1 is 1.10 bits per heavy atom. The topological polar surface area (TPSA) is 68.0 Å². The van der Waals surface area contributed by atoms with Crippen LogP contribution >= 0.6 is 0 Å². The molecule has 1 aromatic heterocycles. The molecule has 2 aromatic carbocycles. The number of carbonyl (C=O) groups is 1. The third kappa shape index (κ3) is 1.92. The molecule has 3 rings (SSSR count). The number of carboxylic acids is 1. The van der Waals surface area contributed by atoms with Crippen molar-refractivity contribution in [1.29, 1.82) is 0 Å². The molecule has 0 atom stereocenters. The Balaban J connectivity index is 2.30. The molecular weight excluding hydrogens is 287 g/mol. The van der Waals surface area contributed by atoms with Crippen LogP contribution in [0.1, 0.15) is 10.4 Å². The summed E-state index contributed by atoms with van der Waals surface area (Å²) >= 11 is 0. The molecule has 0 saturated carbocycles. The summed E-state index contributed by atoms with van der Waals surface area (Å²) in [7, 11) is 0. The lowest BCUT2D eigenvalue weighted by atomic mass is 10.2. The van der Waals surface area contributed by atoms with Gasteiger partial charge in [-0.3, -0.25) is 0 Å². The van der Waals surface area contributed by atoms with E-state index in [2.05, 4.69) is 10.3 Å². The van der Waals surface area contributed by atoms with Crippen LogP contribution in [0.5, 0.6) is 0 Å². The number of halogens is 3. The SMILES string of the molecule is O=C(O)c1cccc2c1nnn2-c1ccc(F)c(F)c1F. The molecule has 1 heterocycles. The van der Waals surface area contributed by atoms with Crippen LogP contribution in [0.3, 0.4) is 0 Å². The summed E-state index contributed by atoms with van der Waals surface area (Å²) in [6, 6.07) is 5.93. The van der Waals surface area contributed by atoms with Gasteiger partial charge in [-0.25, -0.2) is 22.6 Å². The molecule has 0 aliphatic heterocycles. The van der Waals surface area contributed by atoms with E-state index in [1.54, 1.807) is 0 Å². The molecule has 106 valence electrons. The maximum atomic E-state index is 13.8. The molecule has 21 heavy (non-hydrogen) atoms. The predicted octanol–water partition coefficient (Wildman–Crippen LogP) is 2.54. The molecule has 0 aliphatic rings. The largest absolute Gasteiger partial charge is 0.478 e. The molecule has 0 saturated heterocycles. The summed E-state index contributed by atoms with van der Waals surface area (Å²) in [5.74, 6) is -5.61. The number of aromatic nitrogens is 3. The number of carboxylic acid groups (broad SMARTS) is 1. The van der Waals surface area contributed by atoms with Crippen LogP contribution in [0.2, 0.25) is 0 Å². The van der Waals surface area contributed by atoms with E-state index in [9.17, 15) is 18.0 Å². The number of hydrogen-bond donors (Lipinski definition) is 1. The smallest absolute Gasteiger partial charge is 0.338 e. The summed E-state index contributed by atoms with van der Waals surface area (Å²) in [6.45, 7) is 0. The van der Waals surface area contributed by atoms with Gasteiger partial charge in [0.1, 0.15) is 11.2 Å². The van der Waals surface area contributed by atoms with Crippen LogP contribution in [0, 0.1) is 17.5 Å². The van der Waals surface area contributed by atoms with E-state index in [4.69, 9.17) is 5.11 Å². The summed E-state index contributed by atoms with van der Waals surface area (Å²) in [5, 5.41) is 16.3. The van der Waals surface area contributed by atoms with E-state index in [1.165, 1.54) is 18.2 Å². The normalized spacial score (nSPS) is 11.0. The zero-order valence-corrected chi connectivity index (χ0v) is 10.2. The van der Waals surface area contributed by atoms with Gasteiger partial charge in [0, 0.05) is 0 Å². The molecule has 0 aliphatic carbocycles. The van der Waals surface area contributed by atoms with Gasteiger partial charge in [0.05, 0.1) is 11.1 Å². The van der Waals surface area contributed by atoms with Crippen molar-refractivity contribution in [2.75, 3.05) is 0 Å². The van der Waals surface area contributed by atoms with Crippen molar-refractivity contribution < 1.29 is 23.1 Å². The number of rotatable bonds is 2. The van der Waals surface area contributed by atoms with Gasteiger partial charge in [0.15, 0.2) is 17.5 Å². The molecule has 5 nitrogen and oxygen atoms in total. The van der Waals surface area contributed by atoms with Crippen LogP contribution in [0.25, 0.3) is 16.7 Å². The van der Waals surface area contributed by atoms with Crippen molar-refractivity contribution in [3.63, 3.8) is 0 Å². The van der Waals surface area contributed by atoms with Gasteiger partial charge in [-0.05, 0) is 24.3 Å². The quantitative estimate of drug-likeness (QED) is 0.737. The van der Waals surface area contributed by atoms with Crippen molar-refractivity contribution in [3.8, 4) is 5.69 Å². The Hall–Kier alpha value is -2.90. The monoisotopic (exact) mass is 293 g/mol. The standard InChI is InChI=1S/C13H6F3N3O2/c14-7-4-5-8(11(16)10(7)15)19-9-3-1-2-6(13(20)21)12(9)17-18-19/h1-5H,(H,20,21). The van der Waals surface area contributed by atoms with E-state index in [1.807, 2.05) is 0 Å². The number of fused-ring (bicyclic) bond motifs is 1. The van der Waals surface area contributed by atoms with Crippen LogP contribution in [-0.4, -0.2) is 26.1 Å². The maximum Gasteiger partial charge on any atom is 0.338 e. The first kappa shape index (κ1) is 13.1. The zero-order valence-electron chi connectivity index (χ0n) is 10.2. The maximum absolute atomic E-state index is 13.8. The predicted molar refractivity (Wildman–Crippen MR) is 65.7 cm³/mol. The lowest BCUT2D eigenvalue weighted by Crippen LogP contribution is -2.04. The highest BCUT2D eigenvalue weighted by atomic mass is 19.2. The molecule has 0 fully saturated rings. The minimum Gasteiger partial charge on any atom is -0.478 e. The summed E-state index contributed by atoms with van der Waals surface area (Å²) in [5.41, 5.74) is -0.297. The number of nitrogens with zero attached hydrogens (tertiary/aromatic N) is 3. The van der Waals surface area contributed by atoms with Crippen LogP contribution in [0.15, 0.2) is 30.3 Å². The van der Waals surface area contributed by atoms with Crippen molar-refractivity contribution in [1.82, 2.24) is 15.0 Å². The fourth-order valence-electron chi connectivity index (χ4n) is 1.97. The first-order valence-electron chi connectivity index (χ1n) is 5.72. The van der Waals surface area contributed by atoms with Gasteiger partial charge in [-0.1, -0.05) is 11.3 Å². The first-order chi connectivity index (χ1) is 10.0. The summed E-state index contributed by atoms with van der Waals surface area (Å²) in [4.78, 5) is 11.1. The molecule has 0 bridgehead atoms. The van der Waals surface area contributed by atoms with Crippen molar-refractivity contribution in [3.05, 3.63) is 53.3 Å². The van der Waals surface area contributed by atoms with E-state index in [0.29, 0.717) is 0 Å². The lowest BCUT2D eigenvalue weighted by molar-refractivity contribution is 0.0699. The van der Waals surface area contributed by atoms with Gasteiger partial charge in [-0.2, -0.15) is 0 Å². The molecule has 8 heteroatoms. The number of benzene rings is 2. The minimum atomic E-state index is -1.63. The highest BCUT2D eigenvalue weighted by Crippen LogP contribution is 2.23. The van der Waals surface area contributed by atoms with Gasteiger partial charge >= 0.3 is 5.97 Å². The lowest BCUT2D eigenvalue weighted by Gasteiger charge is -2.05. The molecular formula is C13H6F3N3O2. The average molecular weight is 293 g/mol. The second-order valence-electron chi connectivity index (χ2n) is 4.17. The average Bonchev–Trinajstić information content (AvgIpc) is 2.88. The van der Waals surface area contributed by atoms with E-state index >= 15 is 0 Å². The van der Waals surface area contributed by atoms with Crippen LogP contribution < -0.4 is 0 Å². The molecule has 0 radical (unpaired) electrons. The molecule has 3 aromatic rings. The molecule has 0 unspecified atom stereocenters. The van der Waals surface area contributed by atoms with Gasteiger partial charge in [0.2, 0.25) is 0 Å². The Bertz CT molecular complexity index is 876. The first-order valence-corrected chi connectivity index (χ1v) is 5.72. The van der Waals surface area contributed by atoms with Crippen molar-refractivity contribution >= 4 is 17.0 Å². The van der Waals surface area contributed by atoms with E-state index in [0.717, 1.165) is 16.8 Å². The van der Waals surface area contributed by atoms with Crippen LogP contribution in [0.4, 0.5) is 13.2 Å². The fraction of sp³-hybridized carbons (Fsp3) is 0. The molecule has 1 N–H and O–H groups in total. The van der Waals surface area contributed by atoms with E-state index in [-0.39, 0.29) is 22.3 Å². The summed E-state index contributed by atoms with van der Waals surface area (Å²) in [6.07, 6.45) is 0. The second kappa shape index (κ2) is 4.58. The highest BCUT2D eigenvalue weighted by Gasteiger charge is 2.19. The Morgan fingerprint density at radius 2 is 1.86 bits per heavy atom. The van der Waals surface area contributed by atoms with Gasteiger partial charge in [0.25, 0.3) is 0 Å². The molecule has 0 amide bonds. The Labute approximate surface area is 115 Å². The third-order valence-corrected chi connectivity index (χ3v) is 2.95. The Morgan fingerprint density at radius 3 is 2.57 bits per heavy atom. The highest BCUT2D eigenvalue weighted by molar-refractivity contribution is 6.00. The zero-order chi connectivity index (χ0) is 15.1. The van der Waals surface area contributed by atoms with Gasteiger partial charge < -0.3 is 5.11 Å². The molecule has 0 spiro atoms. The van der Waals surface area contributed by atoms with Gasteiger partial charge in [-0.15, -0.1) is 5.10 Å². The minimum absolute atomic E-state index is 0.0223. The number of aromatic carboxylic acids is 1.